The van der Waals surface area contributed by atoms with E-state index in [4.69, 9.17) is 7.85 Å². The van der Waals surface area contributed by atoms with Gasteiger partial charge in [-0.25, -0.2) is 0 Å². The average molecular weight is 181 g/mol. The topological polar surface area (TPSA) is 12.0 Å². The first kappa shape index (κ1) is 13.0. The van der Waals surface area contributed by atoms with Crippen molar-refractivity contribution < 1.29 is 0 Å². The van der Waals surface area contributed by atoms with Gasteiger partial charge in [-0.2, -0.15) is 0 Å². The first-order chi connectivity index (χ1) is 5.83. The molecule has 2 heteroatoms. The molecule has 0 saturated heterocycles. The highest BCUT2D eigenvalue weighted by atomic mass is 14.9. The van der Waals surface area contributed by atoms with Gasteiger partial charge in [-0.15, -0.1) is 0 Å². The van der Waals surface area contributed by atoms with Gasteiger partial charge >= 0.3 is 0 Å². The second-order valence-electron chi connectivity index (χ2n) is 4.92. The average Bonchev–Trinajstić information content (AvgIpc) is 2.02. The quantitative estimate of drug-likeness (QED) is 0.621. The van der Waals surface area contributed by atoms with E-state index in [1.54, 1.807) is 0 Å². The molecule has 1 N–H and O–H groups in total. The molecule has 0 spiro atoms. The Labute approximate surface area is 85.1 Å². The maximum atomic E-state index is 6.09. The summed E-state index contributed by atoms with van der Waals surface area (Å²) >= 11 is 0. The number of rotatable bonds is 6. The smallest absolute Gasteiger partial charge is 0.0742 e. The van der Waals surface area contributed by atoms with Crippen molar-refractivity contribution in [2.75, 3.05) is 6.54 Å². The van der Waals surface area contributed by atoms with E-state index in [1.807, 2.05) is 0 Å². The molecule has 0 aliphatic heterocycles. The Morgan fingerprint density at radius 1 is 1.08 bits per heavy atom. The Bertz CT molecular complexity index is 141. The predicted octanol–water partition coefficient (Wildman–Crippen LogP) is 2.91. The molecule has 0 saturated carbocycles. The first-order valence-corrected chi connectivity index (χ1v) is 5.37. The monoisotopic (exact) mass is 181 g/mol. The summed E-state index contributed by atoms with van der Waals surface area (Å²) in [5.41, 5.74) is 0.227. The highest BCUT2D eigenvalue weighted by Crippen LogP contribution is 2.33. The van der Waals surface area contributed by atoms with E-state index in [1.165, 1.54) is 0 Å². The van der Waals surface area contributed by atoms with Gasteiger partial charge < -0.3 is 5.32 Å². The largest absolute Gasteiger partial charge is 0.312 e. The summed E-state index contributed by atoms with van der Waals surface area (Å²) in [5.74, 6) is 0. The fraction of sp³-hybridized carbons (Fsp3) is 1.00. The van der Waals surface area contributed by atoms with Crippen LogP contribution in [-0.2, 0) is 0 Å². The second kappa shape index (κ2) is 5.04. The van der Waals surface area contributed by atoms with Crippen LogP contribution in [0.2, 0.25) is 5.31 Å². The van der Waals surface area contributed by atoms with E-state index < -0.39 is 0 Å². The van der Waals surface area contributed by atoms with Gasteiger partial charge in [-0.3, -0.25) is 0 Å². The van der Waals surface area contributed by atoms with Crippen LogP contribution in [0.15, 0.2) is 0 Å². The summed E-state index contributed by atoms with van der Waals surface area (Å²) < 4.78 is 0. The molecule has 0 fully saturated rings. The minimum Gasteiger partial charge on any atom is -0.312 e. The zero-order chi connectivity index (χ0) is 10.5. The summed E-state index contributed by atoms with van der Waals surface area (Å²) in [7, 11) is 6.09. The molecule has 13 heavy (non-hydrogen) atoms. The molecule has 0 aromatic heterocycles. The Kier molecular flexibility index (Phi) is 5.05. The number of hydrogen-bond acceptors (Lipinski definition) is 1. The molecule has 0 bridgehead atoms. The fourth-order valence-corrected chi connectivity index (χ4v) is 1.34. The van der Waals surface area contributed by atoms with Crippen LogP contribution in [0.5, 0.6) is 0 Å². The van der Waals surface area contributed by atoms with Crippen molar-refractivity contribution in [3.63, 3.8) is 0 Å². The molecule has 0 heterocycles. The van der Waals surface area contributed by atoms with Crippen LogP contribution in [0.3, 0.4) is 0 Å². The lowest BCUT2D eigenvalue weighted by Gasteiger charge is -2.31. The minimum atomic E-state index is 0.00664. The summed E-state index contributed by atoms with van der Waals surface area (Å²) in [6, 6.07) is 0. The van der Waals surface area contributed by atoms with Gasteiger partial charge in [0.15, 0.2) is 0 Å². The van der Waals surface area contributed by atoms with Gasteiger partial charge in [0.25, 0.3) is 0 Å². The number of nitrogens with one attached hydrogen (secondary N) is 1. The molecule has 2 radical (unpaired) electrons. The van der Waals surface area contributed by atoms with E-state index in [-0.39, 0.29) is 10.9 Å². The lowest BCUT2D eigenvalue weighted by Crippen LogP contribution is -2.39. The Balaban J connectivity index is 3.86. The molecule has 0 rings (SSSR count). The van der Waals surface area contributed by atoms with Crippen molar-refractivity contribution in [2.45, 2.75) is 64.7 Å². The summed E-state index contributed by atoms with van der Waals surface area (Å²) in [6.07, 6.45) is 3.28. The molecular weight excluding hydrogens is 157 g/mol. The van der Waals surface area contributed by atoms with Crippen molar-refractivity contribution >= 4 is 7.85 Å². The van der Waals surface area contributed by atoms with Crippen LogP contribution in [0.1, 0.15) is 53.9 Å². The normalized spacial score (nSPS) is 17.0. The van der Waals surface area contributed by atoms with Crippen LogP contribution < -0.4 is 5.32 Å². The third-order valence-electron chi connectivity index (χ3n) is 2.78. The van der Waals surface area contributed by atoms with Crippen molar-refractivity contribution in [1.29, 1.82) is 0 Å². The van der Waals surface area contributed by atoms with E-state index in [0.717, 1.165) is 25.8 Å². The molecule has 0 aliphatic carbocycles. The Morgan fingerprint density at radius 3 is 2.00 bits per heavy atom. The van der Waals surface area contributed by atoms with Gasteiger partial charge in [-0.05, 0) is 26.8 Å². The second-order valence-corrected chi connectivity index (χ2v) is 4.92. The van der Waals surface area contributed by atoms with Gasteiger partial charge in [-0.1, -0.05) is 38.9 Å². The van der Waals surface area contributed by atoms with Gasteiger partial charge in [0.2, 0.25) is 0 Å². The zero-order valence-electron chi connectivity index (χ0n) is 9.91. The molecule has 1 atom stereocenters. The van der Waals surface area contributed by atoms with E-state index in [2.05, 4.69) is 39.9 Å². The molecule has 1 unspecified atom stereocenters. The SMILES string of the molecule is [B]C(C)(CC)CCC(C)(C)NCC. The summed E-state index contributed by atoms with van der Waals surface area (Å²) in [5, 5.41) is 3.47. The highest BCUT2D eigenvalue weighted by Gasteiger charge is 2.21. The van der Waals surface area contributed by atoms with Crippen LogP contribution in [0, 0.1) is 0 Å². The van der Waals surface area contributed by atoms with Crippen molar-refractivity contribution in [1.82, 2.24) is 5.32 Å². The lowest BCUT2D eigenvalue weighted by atomic mass is 9.64. The predicted molar refractivity (Wildman–Crippen MR) is 61.4 cm³/mol. The van der Waals surface area contributed by atoms with Crippen molar-refractivity contribution in [2.24, 2.45) is 0 Å². The standard InChI is InChI=1S/C11H24BN/c1-6-11(5,12)9-8-10(3,4)13-7-2/h13H,6-9H2,1-5H3. The first-order valence-electron chi connectivity index (χ1n) is 5.37. The van der Waals surface area contributed by atoms with Crippen LogP contribution in [0.25, 0.3) is 0 Å². The third kappa shape index (κ3) is 6.14. The molecule has 0 aromatic carbocycles. The third-order valence-corrected chi connectivity index (χ3v) is 2.78. The molecule has 76 valence electrons. The van der Waals surface area contributed by atoms with Crippen LogP contribution >= 0.6 is 0 Å². The molecule has 0 aromatic rings. The maximum absolute atomic E-state index is 6.09. The summed E-state index contributed by atoms with van der Waals surface area (Å²) in [6.45, 7) is 11.9. The van der Waals surface area contributed by atoms with Crippen molar-refractivity contribution in [3.8, 4) is 0 Å². The molecule has 1 nitrogen and oxygen atoms in total. The number of hydrogen-bond donors (Lipinski definition) is 1. The zero-order valence-corrected chi connectivity index (χ0v) is 9.91. The van der Waals surface area contributed by atoms with Crippen molar-refractivity contribution in [3.05, 3.63) is 0 Å². The Hall–Kier alpha value is 0.0249. The van der Waals surface area contributed by atoms with Gasteiger partial charge in [0.1, 0.15) is 0 Å². The van der Waals surface area contributed by atoms with Gasteiger partial charge in [0.05, 0.1) is 7.85 Å². The van der Waals surface area contributed by atoms with E-state index in [9.17, 15) is 0 Å². The fourth-order valence-electron chi connectivity index (χ4n) is 1.34. The Morgan fingerprint density at radius 2 is 1.62 bits per heavy atom. The lowest BCUT2D eigenvalue weighted by molar-refractivity contribution is 0.336. The minimum absolute atomic E-state index is 0.00664. The van der Waals surface area contributed by atoms with E-state index in [0.29, 0.717) is 0 Å². The highest BCUT2D eigenvalue weighted by molar-refractivity contribution is 6.14. The van der Waals surface area contributed by atoms with Crippen LogP contribution in [-0.4, -0.2) is 19.9 Å². The van der Waals surface area contributed by atoms with Crippen LogP contribution in [0.4, 0.5) is 0 Å². The molecule has 0 aliphatic rings. The van der Waals surface area contributed by atoms with Gasteiger partial charge in [0, 0.05) is 5.54 Å². The summed E-state index contributed by atoms with van der Waals surface area (Å²) in [4.78, 5) is 0. The molecular formula is C11H24BN. The maximum Gasteiger partial charge on any atom is 0.0742 e. The molecule has 0 amide bonds. The van der Waals surface area contributed by atoms with E-state index >= 15 is 0 Å².